The molecular weight excluding hydrogens is 260 g/mol. The molecule has 0 amide bonds. The Hall–Kier alpha value is -0.120. The smallest absolute Gasteiger partial charge is 0.0553 e. The fourth-order valence-electron chi connectivity index (χ4n) is 3.89. The molecule has 1 aliphatic carbocycles. The van der Waals surface area contributed by atoms with Gasteiger partial charge in [-0.15, -0.1) is 0 Å². The van der Waals surface area contributed by atoms with Gasteiger partial charge in [-0.05, 0) is 43.4 Å². The Kier molecular flexibility index (Phi) is 6.10. The first-order valence-electron chi connectivity index (χ1n) is 8.97. The van der Waals surface area contributed by atoms with Gasteiger partial charge in [0.15, 0.2) is 0 Å². The molecule has 124 valence electrons. The maximum atomic E-state index is 10.0. The second-order valence-corrected chi connectivity index (χ2v) is 8.74. The maximum Gasteiger partial charge on any atom is 0.0553 e. The molecule has 2 aliphatic rings. The first-order valence-corrected chi connectivity index (χ1v) is 8.97. The molecule has 1 saturated carbocycles. The maximum absolute atomic E-state index is 10.0. The molecular formula is C18H36N2O. The summed E-state index contributed by atoms with van der Waals surface area (Å²) in [5.74, 6) is 1.33. The molecule has 0 bridgehead atoms. The largest absolute Gasteiger partial charge is 0.393 e. The van der Waals surface area contributed by atoms with Gasteiger partial charge in [0.05, 0.1) is 6.10 Å². The lowest BCUT2D eigenvalue weighted by Crippen LogP contribution is -2.53. The van der Waals surface area contributed by atoms with Crippen LogP contribution in [0.2, 0.25) is 0 Å². The molecule has 2 N–H and O–H groups in total. The summed E-state index contributed by atoms with van der Waals surface area (Å²) < 4.78 is 0. The van der Waals surface area contributed by atoms with Crippen LogP contribution in [0, 0.1) is 17.3 Å². The summed E-state index contributed by atoms with van der Waals surface area (Å²) in [6.45, 7) is 13.4. The Bertz CT molecular complexity index is 303. The minimum atomic E-state index is -0.185. The molecule has 2 rings (SSSR count). The molecule has 1 aliphatic heterocycles. The molecule has 3 heteroatoms. The average molecular weight is 296 g/mol. The van der Waals surface area contributed by atoms with E-state index in [0.717, 1.165) is 32.0 Å². The summed E-state index contributed by atoms with van der Waals surface area (Å²) in [5.41, 5.74) is 0.327. The predicted octanol–water partition coefficient (Wildman–Crippen LogP) is 2.88. The van der Waals surface area contributed by atoms with Crippen LogP contribution in [0.5, 0.6) is 0 Å². The quantitative estimate of drug-likeness (QED) is 0.819. The normalized spacial score (nSPS) is 30.7. The van der Waals surface area contributed by atoms with Crippen molar-refractivity contribution >= 4 is 0 Å². The number of piperidine rings is 1. The Morgan fingerprint density at radius 2 is 1.86 bits per heavy atom. The zero-order valence-electron chi connectivity index (χ0n) is 14.6. The summed E-state index contributed by atoms with van der Waals surface area (Å²) >= 11 is 0. The van der Waals surface area contributed by atoms with Crippen molar-refractivity contribution < 1.29 is 5.11 Å². The molecule has 0 aromatic rings. The van der Waals surface area contributed by atoms with Crippen molar-refractivity contribution in [3.8, 4) is 0 Å². The van der Waals surface area contributed by atoms with Crippen LogP contribution in [-0.4, -0.2) is 48.3 Å². The Labute approximate surface area is 131 Å². The fourth-order valence-corrected chi connectivity index (χ4v) is 3.89. The topological polar surface area (TPSA) is 35.5 Å². The van der Waals surface area contributed by atoms with Crippen LogP contribution in [0.1, 0.15) is 59.8 Å². The molecule has 3 atom stereocenters. The van der Waals surface area contributed by atoms with E-state index >= 15 is 0 Å². The zero-order chi connectivity index (χ0) is 15.5. The summed E-state index contributed by atoms with van der Waals surface area (Å²) in [6.07, 6.45) is 6.60. The molecule has 0 aromatic heterocycles. The van der Waals surface area contributed by atoms with E-state index in [1.165, 1.54) is 32.2 Å². The summed E-state index contributed by atoms with van der Waals surface area (Å²) in [5, 5.41) is 13.8. The summed E-state index contributed by atoms with van der Waals surface area (Å²) in [6, 6.07) is 0.541. The minimum Gasteiger partial charge on any atom is -0.393 e. The number of aliphatic hydroxyl groups is 1. The van der Waals surface area contributed by atoms with Gasteiger partial charge >= 0.3 is 0 Å². The second-order valence-electron chi connectivity index (χ2n) is 8.74. The van der Waals surface area contributed by atoms with Crippen molar-refractivity contribution in [2.24, 2.45) is 17.3 Å². The van der Waals surface area contributed by atoms with E-state index < -0.39 is 0 Å². The van der Waals surface area contributed by atoms with Crippen molar-refractivity contribution in [3.63, 3.8) is 0 Å². The van der Waals surface area contributed by atoms with Crippen LogP contribution in [-0.2, 0) is 0 Å². The lowest BCUT2D eigenvalue weighted by molar-refractivity contribution is 0.0404. The third-order valence-electron chi connectivity index (χ3n) is 5.15. The fraction of sp³-hybridized carbons (Fsp3) is 1.00. The first kappa shape index (κ1) is 17.2. The van der Waals surface area contributed by atoms with Gasteiger partial charge < -0.3 is 15.3 Å². The van der Waals surface area contributed by atoms with Crippen LogP contribution >= 0.6 is 0 Å². The Morgan fingerprint density at radius 3 is 2.43 bits per heavy atom. The van der Waals surface area contributed by atoms with E-state index in [1.54, 1.807) is 0 Å². The number of likely N-dealkylation sites (tertiary alicyclic amines) is 1. The number of nitrogens with zero attached hydrogens (tertiary/aromatic N) is 1. The van der Waals surface area contributed by atoms with Gasteiger partial charge in [0.2, 0.25) is 0 Å². The van der Waals surface area contributed by atoms with Gasteiger partial charge in [0, 0.05) is 32.2 Å². The number of aliphatic hydroxyl groups excluding tert-OH is 1. The molecule has 1 heterocycles. The average Bonchev–Trinajstić information content (AvgIpc) is 2.88. The van der Waals surface area contributed by atoms with Crippen molar-refractivity contribution in [3.05, 3.63) is 0 Å². The highest BCUT2D eigenvalue weighted by molar-refractivity contribution is 4.88. The van der Waals surface area contributed by atoms with Crippen LogP contribution in [0.3, 0.4) is 0 Å². The molecule has 0 spiro atoms. The number of hydrogen-bond acceptors (Lipinski definition) is 3. The summed E-state index contributed by atoms with van der Waals surface area (Å²) in [7, 11) is 0. The van der Waals surface area contributed by atoms with Gasteiger partial charge in [0.25, 0.3) is 0 Å². The van der Waals surface area contributed by atoms with Gasteiger partial charge in [0.1, 0.15) is 0 Å². The van der Waals surface area contributed by atoms with Crippen molar-refractivity contribution in [2.75, 3.05) is 26.2 Å². The molecule has 2 fully saturated rings. The third-order valence-corrected chi connectivity index (χ3v) is 5.15. The van der Waals surface area contributed by atoms with Crippen LogP contribution < -0.4 is 5.32 Å². The number of rotatable bonds is 5. The molecule has 3 unspecified atom stereocenters. The molecule has 1 saturated heterocycles. The SMILES string of the molecule is CC(O)C1CC(NCC(C)(C)C)CN(CC2CCCC2)C1. The van der Waals surface area contributed by atoms with E-state index in [-0.39, 0.29) is 6.10 Å². The Balaban J connectivity index is 1.87. The first-order chi connectivity index (χ1) is 9.83. The van der Waals surface area contributed by atoms with Crippen molar-refractivity contribution in [1.29, 1.82) is 0 Å². The van der Waals surface area contributed by atoms with Crippen molar-refractivity contribution in [1.82, 2.24) is 10.2 Å². The van der Waals surface area contributed by atoms with E-state index in [4.69, 9.17) is 0 Å². The van der Waals surface area contributed by atoms with Gasteiger partial charge in [-0.3, -0.25) is 0 Å². The van der Waals surface area contributed by atoms with Crippen LogP contribution in [0.25, 0.3) is 0 Å². The van der Waals surface area contributed by atoms with Crippen LogP contribution in [0.15, 0.2) is 0 Å². The van der Waals surface area contributed by atoms with Crippen molar-refractivity contribution in [2.45, 2.75) is 71.9 Å². The molecule has 3 nitrogen and oxygen atoms in total. The van der Waals surface area contributed by atoms with E-state index in [0.29, 0.717) is 17.4 Å². The highest BCUT2D eigenvalue weighted by Crippen LogP contribution is 2.28. The monoisotopic (exact) mass is 296 g/mol. The molecule has 0 radical (unpaired) electrons. The highest BCUT2D eigenvalue weighted by atomic mass is 16.3. The highest BCUT2D eigenvalue weighted by Gasteiger charge is 2.31. The lowest BCUT2D eigenvalue weighted by Gasteiger charge is -2.41. The molecule has 21 heavy (non-hydrogen) atoms. The summed E-state index contributed by atoms with van der Waals surface area (Å²) in [4.78, 5) is 2.62. The molecule has 0 aromatic carbocycles. The third kappa shape index (κ3) is 5.88. The number of hydrogen-bond donors (Lipinski definition) is 2. The van der Waals surface area contributed by atoms with E-state index in [9.17, 15) is 5.11 Å². The van der Waals surface area contributed by atoms with Gasteiger partial charge in [-0.2, -0.15) is 0 Å². The van der Waals surface area contributed by atoms with E-state index in [1.807, 2.05) is 6.92 Å². The second kappa shape index (κ2) is 7.43. The van der Waals surface area contributed by atoms with Gasteiger partial charge in [-0.1, -0.05) is 33.6 Å². The zero-order valence-corrected chi connectivity index (χ0v) is 14.6. The van der Waals surface area contributed by atoms with E-state index in [2.05, 4.69) is 31.0 Å². The predicted molar refractivity (Wildman–Crippen MR) is 89.4 cm³/mol. The van der Waals surface area contributed by atoms with Crippen LogP contribution in [0.4, 0.5) is 0 Å². The number of nitrogens with one attached hydrogen (secondary N) is 1. The Morgan fingerprint density at radius 1 is 1.19 bits per heavy atom. The lowest BCUT2D eigenvalue weighted by atomic mass is 9.88. The van der Waals surface area contributed by atoms with Gasteiger partial charge in [-0.25, -0.2) is 0 Å². The minimum absolute atomic E-state index is 0.185. The standard InChI is InChI=1S/C18H36N2O/c1-14(21)16-9-17(19-13-18(2,3)4)12-20(11-16)10-15-7-5-6-8-15/h14-17,19,21H,5-13H2,1-4H3.